The van der Waals surface area contributed by atoms with E-state index in [9.17, 15) is 4.79 Å². The minimum absolute atomic E-state index is 0.0349. The Morgan fingerprint density at radius 1 is 0.853 bits per heavy atom. The number of nitrogens with one attached hydrogen (secondary N) is 1. The molecule has 0 aliphatic carbocycles. The van der Waals surface area contributed by atoms with Crippen LogP contribution in [0, 0.1) is 6.92 Å². The predicted octanol–water partition coefficient (Wildman–Crippen LogP) is 4.26. The molecule has 0 aromatic heterocycles. The van der Waals surface area contributed by atoms with Crippen LogP contribution in [0.15, 0.2) is 66.7 Å². The molecule has 0 bridgehead atoms. The summed E-state index contributed by atoms with van der Waals surface area (Å²) in [5.41, 5.74) is 5.24. The fourth-order valence-corrected chi connectivity index (χ4v) is 4.37. The monoisotopic (exact) mass is 459 g/mol. The first kappa shape index (κ1) is 23.6. The van der Waals surface area contributed by atoms with E-state index in [1.165, 1.54) is 11.3 Å². The molecule has 0 spiro atoms. The lowest BCUT2D eigenvalue weighted by molar-refractivity contribution is 0.0950. The summed E-state index contributed by atoms with van der Waals surface area (Å²) in [6, 6.07) is 22.3. The van der Waals surface area contributed by atoms with Gasteiger partial charge in [-0.15, -0.1) is 0 Å². The van der Waals surface area contributed by atoms with Gasteiger partial charge in [0.2, 0.25) is 0 Å². The number of benzene rings is 3. The van der Waals surface area contributed by atoms with Crippen LogP contribution < -0.4 is 19.7 Å². The number of rotatable bonds is 8. The number of carbonyl (C=O) groups is 1. The maximum atomic E-state index is 12.5. The van der Waals surface area contributed by atoms with Crippen LogP contribution in [-0.2, 0) is 13.1 Å². The highest BCUT2D eigenvalue weighted by molar-refractivity contribution is 5.95. The van der Waals surface area contributed by atoms with Crippen LogP contribution >= 0.6 is 0 Å². The van der Waals surface area contributed by atoms with E-state index in [2.05, 4.69) is 51.5 Å². The first-order valence-corrected chi connectivity index (χ1v) is 11.7. The molecule has 1 N–H and O–H groups in total. The van der Waals surface area contributed by atoms with Crippen LogP contribution in [0.1, 0.15) is 27.0 Å². The van der Waals surface area contributed by atoms with Gasteiger partial charge in [0.15, 0.2) is 11.5 Å². The average molecular weight is 460 g/mol. The lowest BCUT2D eigenvalue weighted by Gasteiger charge is -2.36. The molecule has 6 heteroatoms. The van der Waals surface area contributed by atoms with Gasteiger partial charge in [-0.05, 0) is 53.9 Å². The van der Waals surface area contributed by atoms with Crippen molar-refractivity contribution in [1.82, 2.24) is 10.2 Å². The third-order valence-electron chi connectivity index (χ3n) is 6.34. The Balaban J connectivity index is 1.31. The van der Waals surface area contributed by atoms with Crippen molar-refractivity contribution in [2.24, 2.45) is 0 Å². The number of piperazine rings is 1. The van der Waals surface area contributed by atoms with E-state index in [-0.39, 0.29) is 5.91 Å². The molecular weight excluding hydrogens is 426 g/mol. The molecule has 1 aliphatic heterocycles. The van der Waals surface area contributed by atoms with Crippen molar-refractivity contribution >= 4 is 11.6 Å². The smallest absolute Gasteiger partial charge is 0.251 e. The summed E-state index contributed by atoms with van der Waals surface area (Å²) < 4.78 is 10.8. The van der Waals surface area contributed by atoms with Crippen molar-refractivity contribution in [2.75, 3.05) is 45.3 Å². The van der Waals surface area contributed by atoms with E-state index < -0.39 is 0 Å². The molecule has 3 aromatic rings. The SMILES string of the molecule is COc1ccc(CN2CCN(c3cccc(CNC(=O)c4ccccc4C)c3)CC2)cc1OC. The number of anilines is 1. The largest absolute Gasteiger partial charge is 0.493 e. The Morgan fingerprint density at radius 2 is 1.62 bits per heavy atom. The molecule has 4 rings (SSSR count). The summed E-state index contributed by atoms with van der Waals surface area (Å²) in [6.07, 6.45) is 0. The van der Waals surface area contributed by atoms with E-state index in [4.69, 9.17) is 9.47 Å². The Hall–Kier alpha value is -3.51. The first-order chi connectivity index (χ1) is 16.6. The predicted molar refractivity (Wildman–Crippen MR) is 136 cm³/mol. The number of aryl methyl sites for hydroxylation is 1. The minimum Gasteiger partial charge on any atom is -0.493 e. The third-order valence-corrected chi connectivity index (χ3v) is 6.34. The Morgan fingerprint density at radius 3 is 2.35 bits per heavy atom. The van der Waals surface area contributed by atoms with Crippen molar-refractivity contribution in [2.45, 2.75) is 20.0 Å². The van der Waals surface area contributed by atoms with Crippen molar-refractivity contribution in [3.05, 3.63) is 89.0 Å². The van der Waals surface area contributed by atoms with Crippen LogP contribution in [0.25, 0.3) is 0 Å². The van der Waals surface area contributed by atoms with E-state index in [1.54, 1.807) is 14.2 Å². The number of nitrogens with zero attached hydrogens (tertiary/aromatic N) is 2. The van der Waals surface area contributed by atoms with Crippen molar-refractivity contribution in [3.63, 3.8) is 0 Å². The zero-order valence-corrected chi connectivity index (χ0v) is 20.2. The zero-order valence-electron chi connectivity index (χ0n) is 20.2. The number of hydrogen-bond acceptors (Lipinski definition) is 5. The molecule has 1 aliphatic rings. The van der Waals surface area contributed by atoms with E-state index in [0.29, 0.717) is 6.54 Å². The summed E-state index contributed by atoms with van der Waals surface area (Å²) in [5.74, 6) is 1.49. The topological polar surface area (TPSA) is 54.0 Å². The Kier molecular flexibility index (Phi) is 7.70. The number of methoxy groups -OCH3 is 2. The number of hydrogen-bond donors (Lipinski definition) is 1. The lowest BCUT2D eigenvalue weighted by Crippen LogP contribution is -2.46. The molecule has 1 amide bonds. The Labute approximate surface area is 202 Å². The first-order valence-electron chi connectivity index (χ1n) is 11.7. The van der Waals surface area contributed by atoms with Crippen LogP contribution in [0.4, 0.5) is 5.69 Å². The van der Waals surface area contributed by atoms with Gasteiger partial charge in [0, 0.05) is 50.5 Å². The maximum Gasteiger partial charge on any atom is 0.251 e. The molecule has 0 radical (unpaired) electrons. The van der Waals surface area contributed by atoms with E-state index >= 15 is 0 Å². The number of ether oxygens (including phenoxy) is 2. The van der Waals surface area contributed by atoms with Gasteiger partial charge in [-0.1, -0.05) is 36.4 Å². The molecule has 34 heavy (non-hydrogen) atoms. The molecule has 3 aromatic carbocycles. The zero-order chi connectivity index (χ0) is 23.9. The van der Waals surface area contributed by atoms with Gasteiger partial charge < -0.3 is 19.7 Å². The second-order valence-corrected chi connectivity index (χ2v) is 8.62. The number of amides is 1. The van der Waals surface area contributed by atoms with Gasteiger partial charge in [-0.3, -0.25) is 9.69 Å². The molecule has 1 saturated heterocycles. The average Bonchev–Trinajstić information content (AvgIpc) is 2.88. The molecule has 0 unspecified atom stereocenters. The van der Waals surface area contributed by atoms with Gasteiger partial charge in [-0.25, -0.2) is 0 Å². The fourth-order valence-electron chi connectivity index (χ4n) is 4.37. The molecule has 178 valence electrons. The molecular formula is C28H33N3O3. The van der Waals surface area contributed by atoms with Crippen LogP contribution in [0.3, 0.4) is 0 Å². The Bertz CT molecular complexity index is 1120. The summed E-state index contributed by atoms with van der Waals surface area (Å²) >= 11 is 0. The van der Waals surface area contributed by atoms with Gasteiger partial charge in [-0.2, -0.15) is 0 Å². The second kappa shape index (κ2) is 11.1. The third kappa shape index (κ3) is 5.69. The van der Waals surface area contributed by atoms with Gasteiger partial charge >= 0.3 is 0 Å². The number of carbonyl (C=O) groups excluding carboxylic acids is 1. The molecule has 0 saturated carbocycles. The maximum absolute atomic E-state index is 12.5. The van der Waals surface area contributed by atoms with Crippen LogP contribution in [-0.4, -0.2) is 51.2 Å². The highest BCUT2D eigenvalue weighted by Crippen LogP contribution is 2.28. The molecule has 1 fully saturated rings. The highest BCUT2D eigenvalue weighted by atomic mass is 16.5. The lowest BCUT2D eigenvalue weighted by atomic mass is 10.1. The van der Waals surface area contributed by atoms with E-state index in [0.717, 1.165) is 60.9 Å². The highest BCUT2D eigenvalue weighted by Gasteiger charge is 2.18. The van der Waals surface area contributed by atoms with Crippen molar-refractivity contribution < 1.29 is 14.3 Å². The molecule has 1 heterocycles. The summed E-state index contributed by atoms with van der Waals surface area (Å²) in [5, 5.41) is 3.05. The minimum atomic E-state index is -0.0349. The second-order valence-electron chi connectivity index (χ2n) is 8.62. The quantitative estimate of drug-likeness (QED) is 0.545. The fraction of sp³-hybridized carbons (Fsp3) is 0.321. The summed E-state index contributed by atoms with van der Waals surface area (Å²) in [4.78, 5) is 17.4. The van der Waals surface area contributed by atoms with Gasteiger partial charge in [0.25, 0.3) is 5.91 Å². The normalized spacial score (nSPS) is 14.0. The van der Waals surface area contributed by atoms with Gasteiger partial charge in [0.05, 0.1) is 14.2 Å². The summed E-state index contributed by atoms with van der Waals surface area (Å²) in [6.45, 7) is 7.27. The summed E-state index contributed by atoms with van der Waals surface area (Å²) in [7, 11) is 3.33. The standard InChI is InChI=1S/C28H33N3O3/c1-21-7-4-5-10-25(21)28(32)29-19-22-8-6-9-24(17-22)31-15-13-30(14-16-31)20-23-11-12-26(33-2)27(18-23)34-3/h4-12,17-18H,13-16,19-20H2,1-3H3,(H,29,32). The molecule has 6 nitrogen and oxygen atoms in total. The van der Waals surface area contributed by atoms with Crippen LogP contribution in [0.2, 0.25) is 0 Å². The van der Waals surface area contributed by atoms with Crippen molar-refractivity contribution in [3.8, 4) is 11.5 Å². The van der Waals surface area contributed by atoms with Gasteiger partial charge in [0.1, 0.15) is 0 Å². The van der Waals surface area contributed by atoms with E-state index in [1.807, 2.05) is 37.3 Å². The molecule has 0 atom stereocenters. The van der Waals surface area contributed by atoms with Crippen LogP contribution in [0.5, 0.6) is 11.5 Å². The van der Waals surface area contributed by atoms with Crippen molar-refractivity contribution in [1.29, 1.82) is 0 Å².